The Kier molecular flexibility index (Phi) is 5.17. The van der Waals surface area contributed by atoms with Crippen LogP contribution in [-0.2, 0) is 23.1 Å². The molecule has 3 aromatic heterocycles. The van der Waals surface area contributed by atoms with E-state index in [0.29, 0.717) is 24.1 Å². The first-order chi connectivity index (χ1) is 15.9. The number of carbonyl (C=O) groups excluding carboxylic acids is 2. The average molecular weight is 440 g/mol. The Bertz CT molecular complexity index is 1370. The molecule has 5 rings (SSSR count). The molecular formula is C26H25N5O2. The number of anilines is 2. The summed E-state index contributed by atoms with van der Waals surface area (Å²) >= 11 is 0. The molecule has 0 saturated carbocycles. The number of hydrogen-bond donors (Lipinski definition) is 3. The number of fused-ring (bicyclic) bond motifs is 2. The first-order valence-corrected chi connectivity index (χ1v) is 11.0. The number of amides is 2. The van der Waals surface area contributed by atoms with E-state index in [9.17, 15) is 9.59 Å². The zero-order valence-corrected chi connectivity index (χ0v) is 18.6. The molecule has 4 heterocycles. The van der Waals surface area contributed by atoms with Crippen molar-refractivity contribution in [3.8, 4) is 0 Å². The summed E-state index contributed by atoms with van der Waals surface area (Å²) in [4.78, 5) is 37.2. The number of aromatic amines is 1. The molecule has 166 valence electrons. The maximum atomic E-state index is 13.1. The molecular weight excluding hydrogens is 414 g/mol. The topological polar surface area (TPSA) is 99.8 Å². The Morgan fingerprint density at radius 3 is 2.79 bits per heavy atom. The number of nitrogens with zero attached hydrogens (tertiary/aromatic N) is 2. The van der Waals surface area contributed by atoms with Gasteiger partial charge in [0, 0.05) is 47.2 Å². The smallest absolute Gasteiger partial charge is 0.257 e. The zero-order valence-electron chi connectivity index (χ0n) is 18.6. The van der Waals surface area contributed by atoms with Crippen LogP contribution >= 0.6 is 0 Å². The minimum atomic E-state index is -0.241. The van der Waals surface area contributed by atoms with E-state index in [1.54, 1.807) is 24.5 Å². The van der Waals surface area contributed by atoms with Crippen molar-refractivity contribution in [2.75, 3.05) is 10.6 Å². The molecule has 0 saturated heterocycles. The molecule has 0 atom stereocenters. The normalized spacial score (nSPS) is 14.5. The molecule has 7 nitrogen and oxygen atoms in total. The van der Waals surface area contributed by atoms with Crippen molar-refractivity contribution in [3.63, 3.8) is 0 Å². The molecule has 0 bridgehead atoms. The third-order valence-electron chi connectivity index (χ3n) is 6.19. The molecule has 7 heteroatoms. The highest BCUT2D eigenvalue weighted by Crippen LogP contribution is 2.38. The average Bonchev–Trinajstić information content (AvgIpc) is 3.20. The number of pyridine rings is 2. The highest BCUT2D eigenvalue weighted by molar-refractivity contribution is 6.05. The molecule has 1 aliphatic heterocycles. The lowest BCUT2D eigenvalue weighted by molar-refractivity contribution is -0.117. The van der Waals surface area contributed by atoms with Crippen LogP contribution < -0.4 is 10.6 Å². The summed E-state index contributed by atoms with van der Waals surface area (Å²) in [6, 6.07) is 13.2. The summed E-state index contributed by atoms with van der Waals surface area (Å²) in [5.74, 6) is -0.238. The summed E-state index contributed by atoms with van der Waals surface area (Å²) in [5, 5.41) is 6.97. The lowest BCUT2D eigenvalue weighted by Crippen LogP contribution is -2.32. The van der Waals surface area contributed by atoms with Gasteiger partial charge < -0.3 is 15.6 Å². The van der Waals surface area contributed by atoms with E-state index in [1.807, 2.05) is 36.5 Å². The van der Waals surface area contributed by atoms with Gasteiger partial charge in [0.2, 0.25) is 5.91 Å². The van der Waals surface area contributed by atoms with Crippen LogP contribution in [0, 0.1) is 0 Å². The maximum absolute atomic E-state index is 13.1. The van der Waals surface area contributed by atoms with Crippen LogP contribution in [-0.4, -0.2) is 26.8 Å². The quantitative estimate of drug-likeness (QED) is 0.423. The predicted molar refractivity (Wildman–Crippen MR) is 128 cm³/mol. The van der Waals surface area contributed by atoms with Crippen LogP contribution in [0.15, 0.2) is 61.1 Å². The Morgan fingerprint density at radius 2 is 1.91 bits per heavy atom. The van der Waals surface area contributed by atoms with Gasteiger partial charge in [-0.15, -0.1) is 0 Å². The van der Waals surface area contributed by atoms with Gasteiger partial charge in [-0.05, 0) is 60.4 Å². The fraction of sp³-hybridized carbons (Fsp3) is 0.231. The van der Waals surface area contributed by atoms with Crippen molar-refractivity contribution in [1.82, 2.24) is 15.0 Å². The van der Waals surface area contributed by atoms with Gasteiger partial charge in [-0.2, -0.15) is 0 Å². The van der Waals surface area contributed by atoms with E-state index in [0.717, 1.165) is 40.0 Å². The molecule has 0 aliphatic carbocycles. The van der Waals surface area contributed by atoms with E-state index in [2.05, 4.69) is 39.4 Å². The number of rotatable bonds is 5. The molecule has 0 fully saturated rings. The number of nitrogens with one attached hydrogen (secondary N) is 3. The Hall–Kier alpha value is -4.00. The first-order valence-electron chi connectivity index (χ1n) is 11.0. The van der Waals surface area contributed by atoms with Crippen molar-refractivity contribution >= 4 is 34.2 Å². The van der Waals surface area contributed by atoms with Crippen molar-refractivity contribution in [2.45, 2.75) is 38.5 Å². The Labute approximate surface area is 191 Å². The van der Waals surface area contributed by atoms with Crippen LogP contribution in [0.2, 0.25) is 0 Å². The van der Waals surface area contributed by atoms with Crippen LogP contribution in [0.3, 0.4) is 0 Å². The Balaban J connectivity index is 1.35. The third kappa shape index (κ3) is 4.09. The number of H-pyrrole nitrogens is 1. The van der Waals surface area contributed by atoms with Crippen molar-refractivity contribution in [1.29, 1.82) is 0 Å². The summed E-state index contributed by atoms with van der Waals surface area (Å²) in [6.07, 6.45) is 7.24. The van der Waals surface area contributed by atoms with Crippen molar-refractivity contribution < 1.29 is 9.59 Å². The van der Waals surface area contributed by atoms with Gasteiger partial charge in [-0.1, -0.05) is 19.9 Å². The molecule has 0 radical (unpaired) electrons. The second kappa shape index (κ2) is 8.16. The fourth-order valence-electron chi connectivity index (χ4n) is 4.52. The van der Waals surface area contributed by atoms with E-state index >= 15 is 0 Å². The summed E-state index contributed by atoms with van der Waals surface area (Å²) in [7, 11) is 0. The predicted octanol–water partition coefficient (Wildman–Crippen LogP) is 4.62. The monoisotopic (exact) mass is 439 g/mol. The lowest BCUT2D eigenvalue weighted by Gasteiger charge is -2.32. The number of carbonyl (C=O) groups is 2. The van der Waals surface area contributed by atoms with E-state index in [-0.39, 0.29) is 17.2 Å². The lowest BCUT2D eigenvalue weighted by atomic mass is 9.78. The van der Waals surface area contributed by atoms with Crippen molar-refractivity contribution in [3.05, 3.63) is 83.4 Å². The molecule has 2 amide bonds. The first kappa shape index (κ1) is 20.9. The van der Waals surface area contributed by atoms with Gasteiger partial charge in [0.05, 0.1) is 11.3 Å². The molecule has 1 aliphatic rings. The van der Waals surface area contributed by atoms with E-state index in [1.165, 1.54) is 0 Å². The highest BCUT2D eigenvalue weighted by Gasteiger charge is 2.32. The number of benzene rings is 1. The molecule has 33 heavy (non-hydrogen) atoms. The number of aromatic nitrogens is 3. The second-order valence-corrected chi connectivity index (χ2v) is 9.03. The van der Waals surface area contributed by atoms with E-state index in [4.69, 9.17) is 0 Å². The van der Waals surface area contributed by atoms with Crippen LogP contribution in [0.25, 0.3) is 11.0 Å². The summed E-state index contributed by atoms with van der Waals surface area (Å²) in [5.41, 5.74) is 5.47. The van der Waals surface area contributed by atoms with Gasteiger partial charge in [0.1, 0.15) is 5.65 Å². The molecule has 0 spiro atoms. The molecule has 0 unspecified atom stereocenters. The molecule has 1 aromatic carbocycles. The molecule has 3 N–H and O–H groups in total. The van der Waals surface area contributed by atoms with Gasteiger partial charge in [0.25, 0.3) is 5.91 Å². The van der Waals surface area contributed by atoms with Gasteiger partial charge in [-0.25, -0.2) is 4.98 Å². The van der Waals surface area contributed by atoms with Crippen molar-refractivity contribution in [2.24, 2.45) is 0 Å². The summed E-state index contributed by atoms with van der Waals surface area (Å²) < 4.78 is 0. The SMILES string of the molecule is CC1(C)CC(=O)Nc2cc(NC(=O)c3cccnc3CCc3c[nH]c4ncccc34)ccc21. The summed E-state index contributed by atoms with van der Waals surface area (Å²) in [6.45, 7) is 4.10. The van der Waals surface area contributed by atoms with E-state index < -0.39 is 0 Å². The standard InChI is InChI=1S/C26H25N5O2/c1-26(2)14-23(32)31-22-13-17(8-9-20(22)26)30-25(33)19-6-4-11-27-21(19)10-7-16-15-29-24-18(16)5-3-12-28-24/h3-6,8-9,11-13,15H,7,10,14H2,1-2H3,(H,28,29)(H,30,33)(H,31,32). The minimum absolute atomic E-state index is 0.0157. The molecule has 4 aromatic rings. The number of aryl methyl sites for hydroxylation is 2. The van der Waals surface area contributed by atoms with Crippen LogP contribution in [0.5, 0.6) is 0 Å². The Morgan fingerprint density at radius 1 is 1.09 bits per heavy atom. The van der Waals surface area contributed by atoms with Gasteiger partial charge in [-0.3, -0.25) is 14.6 Å². The zero-order chi connectivity index (χ0) is 23.0. The second-order valence-electron chi connectivity index (χ2n) is 9.03. The minimum Gasteiger partial charge on any atom is -0.346 e. The third-order valence-corrected chi connectivity index (χ3v) is 6.19. The largest absolute Gasteiger partial charge is 0.346 e. The highest BCUT2D eigenvalue weighted by atomic mass is 16.2. The van der Waals surface area contributed by atoms with Gasteiger partial charge in [0.15, 0.2) is 0 Å². The van der Waals surface area contributed by atoms with Gasteiger partial charge >= 0.3 is 0 Å². The fourth-order valence-corrected chi connectivity index (χ4v) is 4.52. The van der Waals surface area contributed by atoms with Crippen LogP contribution in [0.1, 0.15) is 47.4 Å². The van der Waals surface area contributed by atoms with Crippen LogP contribution in [0.4, 0.5) is 11.4 Å². The number of hydrogen-bond acceptors (Lipinski definition) is 4. The maximum Gasteiger partial charge on any atom is 0.257 e.